The van der Waals surface area contributed by atoms with Gasteiger partial charge in [0.1, 0.15) is 18.5 Å². The number of methoxy groups -OCH3 is 1. The first-order valence-corrected chi connectivity index (χ1v) is 14.9. The molecule has 0 aromatic heterocycles. The van der Waals surface area contributed by atoms with E-state index in [1.807, 2.05) is 12.1 Å². The molecule has 0 spiro atoms. The fraction of sp³-hybridized carbons (Fsp3) is 0.742. The summed E-state index contributed by atoms with van der Waals surface area (Å²) < 4.78 is 21.6. The van der Waals surface area contributed by atoms with E-state index in [1.165, 1.54) is 32.1 Å². The second-order valence-corrected chi connectivity index (χ2v) is 11.2. The quantitative estimate of drug-likeness (QED) is 0.171. The van der Waals surface area contributed by atoms with Gasteiger partial charge in [-0.3, -0.25) is 0 Å². The highest BCUT2D eigenvalue weighted by Crippen LogP contribution is 2.49. The molecule has 1 aromatic rings. The number of carboxylic acids is 1. The van der Waals surface area contributed by atoms with Gasteiger partial charge in [0.2, 0.25) is 0 Å². The Morgan fingerprint density at radius 2 is 1.79 bits per heavy atom. The highest BCUT2D eigenvalue weighted by atomic mass is 16.7. The van der Waals surface area contributed by atoms with E-state index in [9.17, 15) is 14.7 Å². The van der Waals surface area contributed by atoms with Crippen molar-refractivity contribution in [1.29, 1.82) is 0 Å². The second-order valence-electron chi connectivity index (χ2n) is 11.2. The number of aliphatic hydroxyl groups excluding tert-OH is 1. The van der Waals surface area contributed by atoms with Crippen molar-refractivity contribution in [3.05, 3.63) is 29.3 Å². The van der Waals surface area contributed by atoms with Gasteiger partial charge in [0.15, 0.2) is 6.61 Å². The zero-order valence-corrected chi connectivity index (χ0v) is 23.8. The van der Waals surface area contributed by atoms with E-state index in [-0.39, 0.29) is 37.3 Å². The lowest BCUT2D eigenvalue weighted by Gasteiger charge is -2.32. The molecule has 2 aliphatic rings. The third-order valence-electron chi connectivity index (χ3n) is 8.40. The second kappa shape index (κ2) is 16.7. The number of carbonyl (C=O) groups is 2. The summed E-state index contributed by atoms with van der Waals surface area (Å²) in [4.78, 5) is 23.5. The largest absolute Gasteiger partial charge is 0.508 e. The third kappa shape index (κ3) is 9.98. The Morgan fingerprint density at radius 1 is 1.03 bits per heavy atom. The Bertz CT molecular complexity index is 887. The lowest BCUT2D eigenvalue weighted by atomic mass is 9.73. The van der Waals surface area contributed by atoms with Crippen LogP contribution in [0.5, 0.6) is 5.75 Å². The number of unbranched alkanes of at least 4 members (excludes halogenated alkanes) is 6. The van der Waals surface area contributed by atoms with Crippen molar-refractivity contribution in [3.8, 4) is 5.75 Å². The molecular formula is C31H48O8. The van der Waals surface area contributed by atoms with Gasteiger partial charge in [0.25, 0.3) is 0 Å². The lowest BCUT2D eigenvalue weighted by molar-refractivity contribution is -0.139. The summed E-state index contributed by atoms with van der Waals surface area (Å²) in [5, 5.41) is 19.8. The van der Waals surface area contributed by atoms with E-state index in [0.717, 1.165) is 56.1 Å². The number of hydrogen-bond donors (Lipinski definition) is 2. The van der Waals surface area contributed by atoms with E-state index in [1.54, 1.807) is 7.11 Å². The van der Waals surface area contributed by atoms with Crippen molar-refractivity contribution < 1.29 is 38.7 Å². The summed E-state index contributed by atoms with van der Waals surface area (Å²) in [5.41, 5.74) is 2.22. The first kappa shape index (κ1) is 31.2. The van der Waals surface area contributed by atoms with Crippen molar-refractivity contribution in [3.63, 3.8) is 0 Å². The van der Waals surface area contributed by atoms with Gasteiger partial charge in [-0.2, -0.15) is 0 Å². The number of carbonyl (C=O) groups excluding carboxylic acids is 1. The molecule has 3 rings (SSSR count). The Balaban J connectivity index is 1.60. The summed E-state index contributed by atoms with van der Waals surface area (Å²) in [6.07, 6.45) is 11.9. The van der Waals surface area contributed by atoms with Crippen LogP contribution in [0.2, 0.25) is 0 Å². The molecule has 39 heavy (non-hydrogen) atoms. The van der Waals surface area contributed by atoms with Crippen LogP contribution in [-0.2, 0) is 31.8 Å². The Labute approximate surface area is 233 Å². The normalized spacial score (nSPS) is 22.5. The number of aliphatic hydroxyl groups is 1. The summed E-state index contributed by atoms with van der Waals surface area (Å²) >= 11 is 0. The molecule has 0 amide bonds. The maximum absolute atomic E-state index is 12.4. The molecule has 0 unspecified atom stereocenters. The van der Waals surface area contributed by atoms with Crippen LogP contribution in [0, 0.1) is 17.8 Å². The standard InChI is InChI=1S/C31H48O8/c1-3-4-5-6-7-8-9-12-24(32)14-15-25-26-18-22-11-10-13-28(38-21-30(33)34)27(22)19-23(26)20-29(25)39-31(35)37-17-16-36-2/h10-11,13,23-26,29,32H,3-9,12,14-21H2,1-2H3,(H,33,34)/t23-,24-,25+,26-,29+/m0/s1. The number of hydrogen-bond acceptors (Lipinski definition) is 7. The molecule has 0 bridgehead atoms. The van der Waals surface area contributed by atoms with Gasteiger partial charge in [-0.25, -0.2) is 9.59 Å². The minimum absolute atomic E-state index is 0.130. The number of rotatable bonds is 18. The van der Waals surface area contributed by atoms with Gasteiger partial charge < -0.3 is 29.2 Å². The summed E-state index contributed by atoms with van der Waals surface area (Å²) in [5.74, 6) is 0.352. The van der Waals surface area contributed by atoms with Crippen LogP contribution >= 0.6 is 0 Å². The Kier molecular flexibility index (Phi) is 13.4. The van der Waals surface area contributed by atoms with Gasteiger partial charge in [-0.05, 0) is 73.5 Å². The highest BCUT2D eigenvalue weighted by molar-refractivity contribution is 5.68. The summed E-state index contributed by atoms with van der Waals surface area (Å²) in [7, 11) is 1.55. The van der Waals surface area contributed by atoms with E-state index in [2.05, 4.69) is 13.0 Å². The molecule has 1 fully saturated rings. The predicted molar refractivity (Wildman–Crippen MR) is 148 cm³/mol. The average molecular weight is 549 g/mol. The van der Waals surface area contributed by atoms with Crippen LogP contribution in [-0.4, -0.2) is 61.5 Å². The topological polar surface area (TPSA) is 112 Å². The van der Waals surface area contributed by atoms with Crippen molar-refractivity contribution in [2.24, 2.45) is 17.8 Å². The zero-order valence-electron chi connectivity index (χ0n) is 23.8. The molecule has 8 nitrogen and oxygen atoms in total. The van der Waals surface area contributed by atoms with Gasteiger partial charge in [-0.1, -0.05) is 64.0 Å². The first-order valence-electron chi connectivity index (χ1n) is 14.9. The third-order valence-corrected chi connectivity index (χ3v) is 8.40. The van der Waals surface area contributed by atoms with Gasteiger partial charge >= 0.3 is 12.1 Å². The maximum Gasteiger partial charge on any atom is 0.508 e. The first-order chi connectivity index (χ1) is 18.9. The van der Waals surface area contributed by atoms with E-state index >= 15 is 0 Å². The minimum atomic E-state index is -1.00. The van der Waals surface area contributed by atoms with Crippen molar-refractivity contribution >= 4 is 12.1 Å². The predicted octanol–water partition coefficient (Wildman–Crippen LogP) is 5.95. The molecule has 0 radical (unpaired) electrons. The lowest BCUT2D eigenvalue weighted by Crippen LogP contribution is -2.30. The van der Waals surface area contributed by atoms with E-state index in [4.69, 9.17) is 24.1 Å². The van der Waals surface area contributed by atoms with Crippen molar-refractivity contribution in [2.75, 3.05) is 26.9 Å². The van der Waals surface area contributed by atoms with Crippen LogP contribution in [0.3, 0.4) is 0 Å². The van der Waals surface area contributed by atoms with Crippen LogP contribution in [0.15, 0.2) is 18.2 Å². The summed E-state index contributed by atoms with van der Waals surface area (Å²) in [6.45, 7) is 2.31. The molecule has 1 aromatic carbocycles. The van der Waals surface area contributed by atoms with Crippen LogP contribution in [0.4, 0.5) is 4.79 Å². The molecule has 2 aliphatic carbocycles. The molecule has 0 heterocycles. The molecular weight excluding hydrogens is 500 g/mol. The average Bonchev–Trinajstić information content (AvgIpc) is 3.24. The van der Waals surface area contributed by atoms with Crippen molar-refractivity contribution in [2.45, 2.75) is 103 Å². The minimum Gasteiger partial charge on any atom is -0.482 e. The van der Waals surface area contributed by atoms with E-state index in [0.29, 0.717) is 24.7 Å². The van der Waals surface area contributed by atoms with Crippen LogP contribution in [0.1, 0.15) is 88.7 Å². The number of aliphatic carboxylic acids is 1. The number of benzene rings is 1. The Hall–Kier alpha value is -2.32. The molecule has 0 aliphatic heterocycles. The number of ether oxygens (including phenoxy) is 4. The van der Waals surface area contributed by atoms with E-state index < -0.39 is 12.1 Å². The highest BCUT2D eigenvalue weighted by Gasteiger charge is 2.47. The van der Waals surface area contributed by atoms with Gasteiger partial charge in [-0.15, -0.1) is 0 Å². The molecule has 2 N–H and O–H groups in total. The van der Waals surface area contributed by atoms with Gasteiger partial charge in [0, 0.05) is 7.11 Å². The fourth-order valence-electron chi connectivity index (χ4n) is 6.42. The van der Waals surface area contributed by atoms with Crippen LogP contribution in [0.25, 0.3) is 0 Å². The SMILES string of the molecule is CCCCCCCCC[C@H](O)CC[C@@H]1[C@H]2Cc3cccc(OCC(=O)O)c3C[C@H]2C[C@H]1OC(=O)OCCOC. The maximum atomic E-state index is 12.4. The number of carboxylic acid groups (broad SMARTS) is 1. The monoisotopic (exact) mass is 548 g/mol. The smallest absolute Gasteiger partial charge is 0.482 e. The summed E-state index contributed by atoms with van der Waals surface area (Å²) in [6, 6.07) is 5.82. The molecule has 0 saturated heterocycles. The molecule has 1 saturated carbocycles. The molecule has 8 heteroatoms. The molecule has 220 valence electrons. The van der Waals surface area contributed by atoms with Crippen LogP contribution < -0.4 is 4.74 Å². The molecule has 5 atom stereocenters. The van der Waals surface area contributed by atoms with Gasteiger partial charge in [0.05, 0.1) is 12.7 Å². The fourth-order valence-corrected chi connectivity index (χ4v) is 6.42. The zero-order chi connectivity index (χ0) is 28.0. The number of fused-ring (bicyclic) bond motifs is 2. The van der Waals surface area contributed by atoms with Crippen molar-refractivity contribution in [1.82, 2.24) is 0 Å². The Morgan fingerprint density at radius 3 is 2.54 bits per heavy atom.